The van der Waals surface area contributed by atoms with Crippen molar-refractivity contribution >= 4 is 37.3 Å². The van der Waals surface area contributed by atoms with Crippen LogP contribution in [0.25, 0.3) is 0 Å². The van der Waals surface area contributed by atoms with Crippen molar-refractivity contribution in [2.24, 2.45) is 0 Å². The van der Waals surface area contributed by atoms with Crippen LogP contribution in [0.15, 0.2) is 47.4 Å². The average molecular weight is 466 g/mol. The van der Waals surface area contributed by atoms with Crippen molar-refractivity contribution in [1.82, 2.24) is 4.31 Å². The Morgan fingerprint density at radius 2 is 1.58 bits per heavy atom. The average Bonchev–Trinajstić information content (AvgIpc) is 2.98. The van der Waals surface area contributed by atoms with Gasteiger partial charge in [-0.3, -0.25) is 9.52 Å². The minimum Gasteiger partial charge on any atom is -0.322 e. The van der Waals surface area contributed by atoms with E-state index in [4.69, 9.17) is 0 Å². The van der Waals surface area contributed by atoms with Crippen LogP contribution >= 0.6 is 0 Å². The van der Waals surface area contributed by atoms with Gasteiger partial charge in [0.2, 0.25) is 20.0 Å². The predicted molar refractivity (Wildman–Crippen MR) is 121 cm³/mol. The van der Waals surface area contributed by atoms with Gasteiger partial charge in [0.25, 0.3) is 5.91 Å². The molecule has 1 fully saturated rings. The molecule has 2 aromatic rings. The highest BCUT2D eigenvalue weighted by atomic mass is 32.2. The number of sulfonamides is 2. The fourth-order valence-electron chi connectivity index (χ4n) is 3.52. The summed E-state index contributed by atoms with van der Waals surface area (Å²) >= 11 is 0. The highest BCUT2D eigenvalue weighted by Crippen LogP contribution is 2.26. The Morgan fingerprint density at radius 1 is 0.903 bits per heavy atom. The van der Waals surface area contributed by atoms with Crippen molar-refractivity contribution in [2.45, 2.75) is 37.5 Å². The van der Waals surface area contributed by atoms with Gasteiger partial charge >= 0.3 is 0 Å². The topological polar surface area (TPSA) is 113 Å². The van der Waals surface area contributed by atoms with Crippen LogP contribution in [0.1, 0.15) is 41.6 Å². The van der Waals surface area contributed by atoms with Crippen molar-refractivity contribution in [3.63, 3.8) is 0 Å². The first-order valence-electron chi connectivity index (χ1n) is 10.1. The van der Waals surface area contributed by atoms with Gasteiger partial charge in [0.05, 0.1) is 11.2 Å². The molecule has 0 radical (unpaired) electrons. The second-order valence-electron chi connectivity index (χ2n) is 7.71. The first-order chi connectivity index (χ1) is 14.6. The molecule has 3 rings (SSSR count). The second kappa shape index (κ2) is 9.37. The SMILES string of the molecule is Cc1ccc(NC(=O)c2cccc(NS(C)(=O)=O)c2)cc1S(=O)(=O)N1CCCCCC1. The molecule has 1 saturated heterocycles. The molecule has 31 heavy (non-hydrogen) atoms. The van der Waals surface area contributed by atoms with Gasteiger partial charge < -0.3 is 5.32 Å². The fraction of sp³-hybridized carbons (Fsp3) is 0.381. The van der Waals surface area contributed by atoms with Crippen molar-refractivity contribution in [1.29, 1.82) is 0 Å². The minimum atomic E-state index is -3.66. The molecule has 0 saturated carbocycles. The molecular formula is C21H27N3O5S2. The van der Waals surface area contributed by atoms with Crippen LogP contribution in [0, 0.1) is 6.92 Å². The molecule has 2 aromatic carbocycles. The van der Waals surface area contributed by atoms with Crippen LogP contribution in [-0.4, -0.2) is 46.4 Å². The van der Waals surface area contributed by atoms with Gasteiger partial charge in [0, 0.05) is 30.0 Å². The zero-order valence-corrected chi connectivity index (χ0v) is 19.2. The first-order valence-corrected chi connectivity index (χ1v) is 13.4. The number of hydrogen-bond donors (Lipinski definition) is 2. The van der Waals surface area contributed by atoms with Crippen LogP contribution in [0.4, 0.5) is 11.4 Å². The van der Waals surface area contributed by atoms with E-state index in [1.165, 1.54) is 22.5 Å². The van der Waals surface area contributed by atoms with Gasteiger partial charge in [-0.05, 0) is 55.7 Å². The molecule has 0 aromatic heterocycles. The number of aryl methyl sites for hydroxylation is 1. The van der Waals surface area contributed by atoms with E-state index in [0.29, 0.717) is 24.3 Å². The lowest BCUT2D eigenvalue weighted by molar-refractivity contribution is 0.102. The normalized spacial score (nSPS) is 15.8. The molecule has 10 heteroatoms. The summed E-state index contributed by atoms with van der Waals surface area (Å²) in [4.78, 5) is 12.9. The Balaban J connectivity index is 1.83. The second-order valence-corrected chi connectivity index (χ2v) is 11.4. The molecule has 0 spiro atoms. The molecule has 0 bridgehead atoms. The van der Waals surface area contributed by atoms with E-state index in [2.05, 4.69) is 10.0 Å². The van der Waals surface area contributed by atoms with Crippen molar-refractivity contribution in [2.75, 3.05) is 29.4 Å². The van der Waals surface area contributed by atoms with E-state index in [-0.39, 0.29) is 16.1 Å². The van der Waals surface area contributed by atoms with E-state index in [9.17, 15) is 21.6 Å². The number of nitrogens with one attached hydrogen (secondary N) is 2. The maximum Gasteiger partial charge on any atom is 0.255 e. The maximum atomic E-state index is 13.2. The Morgan fingerprint density at radius 3 is 2.23 bits per heavy atom. The molecule has 1 aliphatic rings. The number of amides is 1. The summed E-state index contributed by atoms with van der Waals surface area (Å²) in [5, 5.41) is 2.70. The Kier molecular flexibility index (Phi) is 7.03. The summed E-state index contributed by atoms with van der Waals surface area (Å²) < 4.78 is 53.1. The largest absolute Gasteiger partial charge is 0.322 e. The van der Waals surface area contributed by atoms with E-state index >= 15 is 0 Å². The van der Waals surface area contributed by atoms with Crippen molar-refractivity contribution in [3.05, 3.63) is 53.6 Å². The highest BCUT2D eigenvalue weighted by molar-refractivity contribution is 7.92. The Labute approximate surface area is 183 Å². The lowest BCUT2D eigenvalue weighted by atomic mass is 10.1. The summed E-state index contributed by atoms with van der Waals surface area (Å²) in [6, 6.07) is 10.9. The standard InChI is InChI=1S/C21H27N3O5S2/c1-16-10-11-18(15-20(16)31(28,29)24-12-5-3-4-6-13-24)22-21(25)17-8-7-9-19(14-17)23-30(2,26)27/h7-11,14-15,23H,3-6,12-13H2,1-2H3,(H,22,25). The highest BCUT2D eigenvalue weighted by Gasteiger charge is 2.27. The number of carbonyl (C=O) groups excluding carboxylic acids is 1. The molecular weight excluding hydrogens is 438 g/mol. The Hall–Kier alpha value is -2.43. The number of anilines is 2. The lowest BCUT2D eigenvalue weighted by Crippen LogP contribution is -2.32. The smallest absolute Gasteiger partial charge is 0.255 e. The van der Waals surface area contributed by atoms with Crippen molar-refractivity contribution < 1.29 is 21.6 Å². The fourth-order valence-corrected chi connectivity index (χ4v) is 5.84. The van der Waals surface area contributed by atoms with Gasteiger partial charge in [0.15, 0.2) is 0 Å². The van der Waals surface area contributed by atoms with Crippen molar-refractivity contribution in [3.8, 4) is 0 Å². The molecule has 1 amide bonds. The molecule has 1 heterocycles. The van der Waals surface area contributed by atoms with Crippen LogP contribution in [0.2, 0.25) is 0 Å². The van der Waals surface area contributed by atoms with Crippen LogP contribution in [0.3, 0.4) is 0 Å². The van der Waals surface area contributed by atoms with Gasteiger partial charge in [-0.1, -0.05) is 25.0 Å². The van der Waals surface area contributed by atoms with E-state index < -0.39 is 26.0 Å². The van der Waals surface area contributed by atoms with Crippen LogP contribution in [0.5, 0.6) is 0 Å². The Bertz CT molecular complexity index is 1170. The number of nitrogens with zero attached hydrogens (tertiary/aromatic N) is 1. The third-order valence-corrected chi connectivity index (χ3v) is 7.70. The van der Waals surface area contributed by atoms with Gasteiger partial charge in [-0.25, -0.2) is 16.8 Å². The number of benzene rings is 2. The summed E-state index contributed by atoms with van der Waals surface area (Å²) in [5.41, 5.74) is 1.47. The molecule has 168 valence electrons. The minimum absolute atomic E-state index is 0.180. The monoisotopic (exact) mass is 465 g/mol. The van der Waals surface area contributed by atoms with E-state index in [1.807, 2.05) is 0 Å². The molecule has 0 aliphatic carbocycles. The molecule has 8 nitrogen and oxygen atoms in total. The number of rotatable bonds is 6. The van der Waals surface area contributed by atoms with Gasteiger partial charge in [-0.15, -0.1) is 0 Å². The van der Waals surface area contributed by atoms with E-state index in [0.717, 1.165) is 31.9 Å². The summed E-state index contributed by atoms with van der Waals surface area (Å²) in [6.07, 6.45) is 4.75. The lowest BCUT2D eigenvalue weighted by Gasteiger charge is -2.21. The molecule has 2 N–H and O–H groups in total. The zero-order valence-electron chi connectivity index (χ0n) is 17.6. The van der Waals surface area contributed by atoms with Gasteiger partial charge in [-0.2, -0.15) is 4.31 Å². The van der Waals surface area contributed by atoms with Crippen LogP contribution < -0.4 is 10.0 Å². The number of hydrogen-bond acceptors (Lipinski definition) is 5. The summed E-state index contributed by atoms with van der Waals surface area (Å²) in [7, 11) is -7.13. The molecule has 0 unspecified atom stereocenters. The third-order valence-electron chi connectivity index (χ3n) is 5.06. The zero-order chi connectivity index (χ0) is 22.6. The first kappa shape index (κ1) is 23.2. The van der Waals surface area contributed by atoms with Crippen LogP contribution in [-0.2, 0) is 20.0 Å². The summed E-state index contributed by atoms with van der Waals surface area (Å²) in [5.74, 6) is -0.473. The molecule has 0 atom stereocenters. The van der Waals surface area contributed by atoms with Gasteiger partial charge in [0.1, 0.15) is 0 Å². The quantitative estimate of drug-likeness (QED) is 0.680. The third kappa shape index (κ3) is 6.05. The maximum absolute atomic E-state index is 13.2. The number of carbonyl (C=O) groups is 1. The summed E-state index contributed by atoms with van der Waals surface area (Å²) in [6.45, 7) is 2.73. The van der Waals surface area contributed by atoms with E-state index in [1.54, 1.807) is 31.2 Å². The molecule has 1 aliphatic heterocycles. The predicted octanol–water partition coefficient (Wildman–Crippen LogP) is 3.18.